The lowest BCUT2D eigenvalue weighted by Gasteiger charge is -2.22. The fraction of sp³-hybridized carbons (Fsp3) is 0.556. The molecule has 1 atom stereocenters. The van der Waals surface area contributed by atoms with E-state index in [0.717, 1.165) is 24.1 Å². The minimum Gasteiger partial charge on any atom is -0.475 e. The van der Waals surface area contributed by atoms with Gasteiger partial charge in [-0.3, -0.25) is 4.79 Å². The zero-order valence-electron chi connectivity index (χ0n) is 22.5. The summed E-state index contributed by atoms with van der Waals surface area (Å²) in [4.78, 5) is 31.0. The van der Waals surface area contributed by atoms with E-state index in [1.165, 1.54) is 37.7 Å². The highest BCUT2D eigenvalue weighted by molar-refractivity contribution is 5.84. The zero-order valence-corrected chi connectivity index (χ0v) is 22.5. The van der Waals surface area contributed by atoms with Crippen LogP contribution in [-0.4, -0.2) is 52.3 Å². The normalized spacial score (nSPS) is 14.5. The maximum Gasteiger partial charge on any atom is 0.490 e. The maximum atomic E-state index is 12.9. The molecule has 1 heterocycles. The van der Waals surface area contributed by atoms with Gasteiger partial charge in [-0.15, -0.1) is 0 Å². The third-order valence-corrected chi connectivity index (χ3v) is 6.40. The van der Waals surface area contributed by atoms with Gasteiger partial charge in [0.1, 0.15) is 11.9 Å². The summed E-state index contributed by atoms with van der Waals surface area (Å²) in [6, 6.07) is 7.78. The lowest BCUT2D eigenvalue weighted by molar-refractivity contribution is -0.192. The first-order valence-corrected chi connectivity index (χ1v) is 13.2. The molecule has 12 heteroatoms. The van der Waals surface area contributed by atoms with Crippen molar-refractivity contribution in [2.24, 2.45) is 11.7 Å². The Kier molecular flexibility index (Phi) is 12.9. The predicted octanol–water partition coefficient (Wildman–Crippen LogP) is 4.55. The second-order valence-corrected chi connectivity index (χ2v) is 9.74. The standard InChI is InChI=1S/C25H38N6O.C2HF3O2/c1-18-10-12-21(13-11-18)16-27-24(32)22(9-6-14-26)30-23-19(2)15-28-25(31-23)29-17-20-7-4-3-5-8-20;3-2(4,5)1(6)7/h10-13,15,20,22H,3-9,14,16-17,26H2,1-2H3,(H,27,32)(H2,28,29,30,31);(H,6,7)/t22-;/m0./s1. The fourth-order valence-electron chi connectivity index (χ4n) is 4.07. The Morgan fingerprint density at radius 1 is 1.13 bits per heavy atom. The van der Waals surface area contributed by atoms with Gasteiger partial charge in [0, 0.05) is 24.8 Å². The number of carboxylic acid groups (broad SMARTS) is 1. The molecule has 216 valence electrons. The molecule has 0 bridgehead atoms. The molecule has 1 aliphatic carbocycles. The summed E-state index contributed by atoms with van der Waals surface area (Å²) in [5, 5.41) is 16.9. The Morgan fingerprint density at radius 3 is 2.36 bits per heavy atom. The average molecular weight is 553 g/mol. The number of amides is 1. The molecule has 1 saturated carbocycles. The number of halogens is 3. The molecule has 0 saturated heterocycles. The number of carbonyl (C=O) groups excluding carboxylic acids is 1. The van der Waals surface area contributed by atoms with Crippen molar-refractivity contribution in [1.29, 1.82) is 0 Å². The number of nitrogens with two attached hydrogens (primary N) is 1. The Hall–Kier alpha value is -3.41. The first kappa shape index (κ1) is 31.8. The van der Waals surface area contributed by atoms with Crippen LogP contribution in [0.1, 0.15) is 61.6 Å². The van der Waals surface area contributed by atoms with E-state index >= 15 is 0 Å². The van der Waals surface area contributed by atoms with Crippen molar-refractivity contribution in [2.45, 2.75) is 77.6 Å². The van der Waals surface area contributed by atoms with Crippen molar-refractivity contribution in [2.75, 3.05) is 23.7 Å². The molecular formula is C27H39F3N6O3. The van der Waals surface area contributed by atoms with Crippen LogP contribution in [-0.2, 0) is 16.1 Å². The van der Waals surface area contributed by atoms with E-state index in [2.05, 4.69) is 45.0 Å². The van der Waals surface area contributed by atoms with Crippen LogP contribution in [0.4, 0.5) is 24.9 Å². The van der Waals surface area contributed by atoms with Gasteiger partial charge in [-0.25, -0.2) is 9.78 Å². The number of nitrogens with zero attached hydrogens (tertiary/aromatic N) is 2. The number of alkyl halides is 3. The van der Waals surface area contributed by atoms with E-state index in [4.69, 9.17) is 15.6 Å². The Balaban J connectivity index is 0.000000673. The molecule has 1 fully saturated rings. The summed E-state index contributed by atoms with van der Waals surface area (Å²) in [7, 11) is 0. The smallest absolute Gasteiger partial charge is 0.475 e. The SMILES string of the molecule is Cc1ccc(CNC(=O)[C@H](CCCN)Nc2nc(NCC3CCCCC3)ncc2C)cc1.O=C(O)C(F)(F)F. The average Bonchev–Trinajstić information content (AvgIpc) is 2.91. The van der Waals surface area contributed by atoms with Crippen LogP contribution in [0, 0.1) is 19.8 Å². The molecule has 0 spiro atoms. The third-order valence-electron chi connectivity index (χ3n) is 6.40. The van der Waals surface area contributed by atoms with Crippen molar-refractivity contribution in [3.63, 3.8) is 0 Å². The van der Waals surface area contributed by atoms with Gasteiger partial charge in [0.25, 0.3) is 0 Å². The van der Waals surface area contributed by atoms with Gasteiger partial charge in [0.15, 0.2) is 0 Å². The number of benzene rings is 1. The summed E-state index contributed by atoms with van der Waals surface area (Å²) in [5.41, 5.74) is 8.91. The summed E-state index contributed by atoms with van der Waals surface area (Å²) in [5.74, 6) is -0.809. The second kappa shape index (κ2) is 15.9. The van der Waals surface area contributed by atoms with E-state index in [-0.39, 0.29) is 5.91 Å². The van der Waals surface area contributed by atoms with E-state index in [1.807, 2.05) is 25.3 Å². The van der Waals surface area contributed by atoms with Crippen molar-refractivity contribution in [3.8, 4) is 0 Å². The van der Waals surface area contributed by atoms with E-state index < -0.39 is 18.2 Å². The van der Waals surface area contributed by atoms with Crippen LogP contribution in [0.25, 0.3) is 0 Å². The number of aliphatic carboxylic acids is 1. The number of hydrogen-bond acceptors (Lipinski definition) is 7. The zero-order chi connectivity index (χ0) is 28.8. The number of aromatic nitrogens is 2. The maximum absolute atomic E-state index is 12.9. The van der Waals surface area contributed by atoms with Gasteiger partial charge < -0.3 is 26.8 Å². The highest BCUT2D eigenvalue weighted by Gasteiger charge is 2.38. The summed E-state index contributed by atoms with van der Waals surface area (Å²) in [6.07, 6.45) is 4.64. The number of carbonyl (C=O) groups is 2. The minimum atomic E-state index is -5.08. The summed E-state index contributed by atoms with van der Waals surface area (Å²) < 4.78 is 31.7. The van der Waals surface area contributed by atoms with Gasteiger partial charge in [-0.05, 0) is 57.6 Å². The third kappa shape index (κ3) is 11.9. The minimum absolute atomic E-state index is 0.0475. The topological polar surface area (TPSA) is 142 Å². The quantitative estimate of drug-likeness (QED) is 0.273. The highest BCUT2D eigenvalue weighted by Crippen LogP contribution is 2.24. The first-order chi connectivity index (χ1) is 18.5. The van der Waals surface area contributed by atoms with E-state index in [9.17, 15) is 18.0 Å². The van der Waals surface area contributed by atoms with E-state index in [0.29, 0.717) is 37.2 Å². The molecule has 9 nitrogen and oxygen atoms in total. The molecule has 0 unspecified atom stereocenters. The largest absolute Gasteiger partial charge is 0.490 e. The van der Waals surface area contributed by atoms with Gasteiger partial charge >= 0.3 is 12.1 Å². The molecule has 0 aliphatic heterocycles. The van der Waals surface area contributed by atoms with Crippen LogP contribution < -0.4 is 21.7 Å². The Morgan fingerprint density at radius 2 is 1.77 bits per heavy atom. The Bertz CT molecular complexity index is 1040. The molecule has 1 aliphatic rings. The number of rotatable bonds is 11. The molecule has 1 aromatic heterocycles. The van der Waals surface area contributed by atoms with Gasteiger partial charge in [0.05, 0.1) is 0 Å². The van der Waals surface area contributed by atoms with Crippen molar-refractivity contribution >= 4 is 23.6 Å². The van der Waals surface area contributed by atoms with E-state index in [1.54, 1.807) is 0 Å². The molecule has 0 radical (unpaired) electrons. The van der Waals surface area contributed by atoms with Crippen LogP contribution >= 0.6 is 0 Å². The number of anilines is 2. The Labute approximate surface area is 227 Å². The number of carboxylic acids is 1. The first-order valence-electron chi connectivity index (χ1n) is 13.2. The molecule has 3 rings (SSSR count). The van der Waals surface area contributed by atoms with Crippen LogP contribution in [0.15, 0.2) is 30.5 Å². The fourth-order valence-corrected chi connectivity index (χ4v) is 4.07. The number of hydrogen-bond donors (Lipinski definition) is 5. The molecule has 39 heavy (non-hydrogen) atoms. The van der Waals surface area contributed by atoms with Crippen molar-refractivity contribution in [3.05, 3.63) is 47.2 Å². The van der Waals surface area contributed by atoms with Crippen LogP contribution in [0.3, 0.4) is 0 Å². The van der Waals surface area contributed by atoms with Crippen LogP contribution in [0.2, 0.25) is 0 Å². The lowest BCUT2D eigenvalue weighted by atomic mass is 9.89. The predicted molar refractivity (Wildman–Crippen MR) is 144 cm³/mol. The van der Waals surface area contributed by atoms with Gasteiger partial charge in [-0.1, -0.05) is 49.1 Å². The monoisotopic (exact) mass is 552 g/mol. The second-order valence-electron chi connectivity index (χ2n) is 9.74. The summed E-state index contributed by atoms with van der Waals surface area (Å²) in [6.45, 7) is 5.95. The lowest BCUT2D eigenvalue weighted by Crippen LogP contribution is -2.40. The molecular weight excluding hydrogens is 513 g/mol. The van der Waals surface area contributed by atoms with Crippen LogP contribution in [0.5, 0.6) is 0 Å². The number of nitrogens with one attached hydrogen (secondary N) is 3. The van der Waals surface area contributed by atoms with Gasteiger partial charge in [0.2, 0.25) is 11.9 Å². The molecule has 1 amide bonds. The summed E-state index contributed by atoms with van der Waals surface area (Å²) >= 11 is 0. The molecule has 1 aromatic carbocycles. The van der Waals surface area contributed by atoms with Crippen molar-refractivity contribution in [1.82, 2.24) is 15.3 Å². The van der Waals surface area contributed by atoms with Gasteiger partial charge in [-0.2, -0.15) is 18.2 Å². The molecule has 2 aromatic rings. The number of aryl methyl sites for hydroxylation is 2. The molecule has 6 N–H and O–H groups in total. The highest BCUT2D eigenvalue weighted by atomic mass is 19.4. The van der Waals surface area contributed by atoms with Crippen molar-refractivity contribution < 1.29 is 27.9 Å².